The first-order chi connectivity index (χ1) is 12.7. The Bertz CT molecular complexity index is 744. The van der Waals surface area contributed by atoms with Crippen molar-refractivity contribution in [3.63, 3.8) is 0 Å². The molecule has 1 aromatic heterocycles. The molecule has 2 rings (SSSR count). The van der Waals surface area contributed by atoms with Gasteiger partial charge in [-0.25, -0.2) is 4.98 Å². The number of nitrogens with zero attached hydrogens (tertiary/aromatic N) is 1. The second kappa shape index (κ2) is 8.89. The quantitative estimate of drug-likeness (QED) is 0.417. The highest BCUT2D eigenvalue weighted by Crippen LogP contribution is 2.38. The first-order valence-electron chi connectivity index (χ1n) is 9.27. The molecule has 0 bridgehead atoms. The lowest BCUT2D eigenvalue weighted by atomic mass is 9.82. The summed E-state index contributed by atoms with van der Waals surface area (Å²) in [6, 6.07) is 1.83. The smallest absolute Gasteiger partial charge is 0.308 e. The predicted octanol–water partition coefficient (Wildman–Crippen LogP) is 4.59. The van der Waals surface area contributed by atoms with Gasteiger partial charge in [-0.1, -0.05) is 24.6 Å². The average molecular weight is 393 g/mol. The maximum atomic E-state index is 11.6. The standard InChI is InChI=1S/C21H29ClN2O3/c1-6-8-18(27-14-9-13(10-14)20(25)26-5)16-12-24-19(22)11-15(16)17(7-2)21(3,4)23/h7-8,11-14H,6,9-10,23H2,1-5H3/b17-7+,18-8-. The van der Waals surface area contributed by atoms with Crippen LogP contribution < -0.4 is 5.73 Å². The number of hydrogen-bond acceptors (Lipinski definition) is 5. The van der Waals surface area contributed by atoms with E-state index in [1.807, 2.05) is 45.9 Å². The van der Waals surface area contributed by atoms with Crippen LogP contribution in [0.1, 0.15) is 58.1 Å². The van der Waals surface area contributed by atoms with Crippen LogP contribution in [0.5, 0.6) is 0 Å². The molecule has 0 spiro atoms. The highest BCUT2D eigenvalue weighted by Gasteiger charge is 2.37. The maximum Gasteiger partial charge on any atom is 0.308 e. The van der Waals surface area contributed by atoms with Crippen molar-refractivity contribution in [3.05, 3.63) is 40.7 Å². The fourth-order valence-corrected chi connectivity index (χ4v) is 3.49. The number of nitrogens with two attached hydrogens (primary N) is 1. The topological polar surface area (TPSA) is 74.4 Å². The van der Waals surface area contributed by atoms with Gasteiger partial charge in [0.1, 0.15) is 17.0 Å². The molecule has 1 aromatic rings. The van der Waals surface area contributed by atoms with Crippen LogP contribution in [0.4, 0.5) is 0 Å². The van der Waals surface area contributed by atoms with Crippen molar-refractivity contribution in [1.29, 1.82) is 0 Å². The number of ether oxygens (including phenoxy) is 2. The zero-order valence-corrected chi connectivity index (χ0v) is 17.5. The van der Waals surface area contributed by atoms with Gasteiger partial charge in [-0.15, -0.1) is 0 Å². The van der Waals surface area contributed by atoms with Gasteiger partial charge in [0.05, 0.1) is 13.0 Å². The van der Waals surface area contributed by atoms with Crippen molar-refractivity contribution in [2.75, 3.05) is 7.11 Å². The molecule has 1 aliphatic rings. The van der Waals surface area contributed by atoms with Gasteiger partial charge in [-0.3, -0.25) is 4.79 Å². The Balaban J connectivity index is 2.33. The van der Waals surface area contributed by atoms with Crippen LogP contribution in [0.25, 0.3) is 11.3 Å². The molecule has 1 aliphatic carbocycles. The fourth-order valence-electron chi connectivity index (χ4n) is 3.33. The number of carbonyl (C=O) groups excluding carboxylic acids is 1. The van der Waals surface area contributed by atoms with Crippen molar-refractivity contribution in [1.82, 2.24) is 4.98 Å². The average Bonchev–Trinajstić information content (AvgIpc) is 2.56. The normalized spacial score (nSPS) is 20.9. The zero-order valence-electron chi connectivity index (χ0n) is 16.7. The van der Waals surface area contributed by atoms with E-state index in [-0.39, 0.29) is 18.0 Å². The largest absolute Gasteiger partial charge is 0.490 e. The lowest BCUT2D eigenvalue weighted by molar-refractivity contribution is -0.152. The van der Waals surface area contributed by atoms with E-state index in [2.05, 4.69) is 4.98 Å². The molecule has 0 atom stereocenters. The number of carbonyl (C=O) groups is 1. The van der Waals surface area contributed by atoms with Crippen molar-refractivity contribution in [2.24, 2.45) is 11.7 Å². The van der Waals surface area contributed by atoms with Gasteiger partial charge in [-0.2, -0.15) is 0 Å². The summed E-state index contributed by atoms with van der Waals surface area (Å²) in [5, 5.41) is 0.405. The monoisotopic (exact) mass is 392 g/mol. The molecule has 0 saturated heterocycles. The Morgan fingerprint density at radius 1 is 1.41 bits per heavy atom. The molecule has 1 heterocycles. The number of pyridine rings is 1. The number of esters is 1. The van der Waals surface area contributed by atoms with E-state index in [4.69, 9.17) is 26.8 Å². The fraction of sp³-hybridized carbons (Fsp3) is 0.524. The number of aromatic nitrogens is 1. The van der Waals surface area contributed by atoms with Crippen LogP contribution >= 0.6 is 11.6 Å². The molecule has 2 N–H and O–H groups in total. The molecule has 0 radical (unpaired) electrons. The van der Waals surface area contributed by atoms with Crippen molar-refractivity contribution < 1.29 is 14.3 Å². The first-order valence-corrected chi connectivity index (χ1v) is 9.65. The highest BCUT2D eigenvalue weighted by atomic mass is 35.5. The third-order valence-corrected chi connectivity index (χ3v) is 4.93. The summed E-state index contributed by atoms with van der Waals surface area (Å²) in [7, 11) is 1.41. The summed E-state index contributed by atoms with van der Waals surface area (Å²) < 4.78 is 11.0. The van der Waals surface area contributed by atoms with E-state index in [1.165, 1.54) is 7.11 Å². The predicted molar refractivity (Wildman–Crippen MR) is 109 cm³/mol. The summed E-state index contributed by atoms with van der Waals surface area (Å²) in [6.45, 7) is 7.92. The number of rotatable bonds is 7. The van der Waals surface area contributed by atoms with Gasteiger partial charge >= 0.3 is 5.97 Å². The van der Waals surface area contributed by atoms with Crippen LogP contribution in [0.2, 0.25) is 5.15 Å². The minimum atomic E-state index is -0.544. The number of hydrogen-bond donors (Lipinski definition) is 1. The van der Waals surface area contributed by atoms with Gasteiger partial charge in [0, 0.05) is 17.3 Å². The lowest BCUT2D eigenvalue weighted by Crippen LogP contribution is -2.37. The van der Waals surface area contributed by atoms with Crippen LogP contribution in [0.15, 0.2) is 24.4 Å². The Labute approximate surface area is 166 Å². The minimum Gasteiger partial charge on any atom is -0.490 e. The summed E-state index contributed by atoms with van der Waals surface area (Å²) in [6.07, 6.45) is 7.85. The van der Waals surface area contributed by atoms with Crippen LogP contribution in [-0.4, -0.2) is 29.7 Å². The van der Waals surface area contributed by atoms with Gasteiger partial charge in [-0.05, 0) is 63.3 Å². The number of allylic oxidation sites excluding steroid dienone is 2. The van der Waals surface area contributed by atoms with Crippen molar-refractivity contribution in [2.45, 2.75) is 58.6 Å². The molecule has 0 aliphatic heterocycles. The Kier molecular flexibility index (Phi) is 7.06. The molecule has 0 unspecified atom stereocenters. The highest BCUT2D eigenvalue weighted by molar-refractivity contribution is 6.29. The molecule has 0 aromatic carbocycles. The second-order valence-corrected chi connectivity index (χ2v) is 7.77. The molecular weight excluding hydrogens is 364 g/mol. The Morgan fingerprint density at radius 3 is 2.59 bits per heavy atom. The molecule has 27 heavy (non-hydrogen) atoms. The van der Waals surface area contributed by atoms with Crippen molar-refractivity contribution in [3.8, 4) is 0 Å². The maximum absolute atomic E-state index is 11.6. The van der Waals surface area contributed by atoms with Gasteiger partial charge in [0.15, 0.2) is 0 Å². The van der Waals surface area contributed by atoms with Crippen LogP contribution in [-0.2, 0) is 14.3 Å². The number of methoxy groups -OCH3 is 1. The van der Waals surface area contributed by atoms with Crippen LogP contribution in [0, 0.1) is 5.92 Å². The molecular formula is C21H29ClN2O3. The van der Waals surface area contributed by atoms with E-state index in [0.717, 1.165) is 28.9 Å². The van der Waals surface area contributed by atoms with Crippen molar-refractivity contribution >= 4 is 28.9 Å². The third kappa shape index (κ3) is 5.11. The third-order valence-electron chi connectivity index (χ3n) is 4.72. The molecule has 148 valence electrons. The van der Waals surface area contributed by atoms with Gasteiger partial charge < -0.3 is 15.2 Å². The molecule has 0 amide bonds. The summed E-state index contributed by atoms with van der Waals surface area (Å²) in [4.78, 5) is 15.9. The second-order valence-electron chi connectivity index (χ2n) is 7.38. The SMILES string of the molecule is C/C=C(\c1cc(Cl)ncc1/C(=C/CC)OC1CC(C(=O)OC)C1)C(C)(C)N. The molecule has 1 saturated carbocycles. The molecule has 6 heteroatoms. The number of halogens is 1. The minimum absolute atomic E-state index is 0.0182. The van der Waals surface area contributed by atoms with Gasteiger partial charge in [0.25, 0.3) is 0 Å². The van der Waals surface area contributed by atoms with Crippen LogP contribution in [0.3, 0.4) is 0 Å². The molecule has 5 nitrogen and oxygen atoms in total. The summed E-state index contributed by atoms with van der Waals surface area (Å²) in [5.41, 5.74) is 8.57. The summed E-state index contributed by atoms with van der Waals surface area (Å²) >= 11 is 6.17. The lowest BCUT2D eigenvalue weighted by Gasteiger charge is -2.34. The molecule has 1 fully saturated rings. The van der Waals surface area contributed by atoms with E-state index in [0.29, 0.717) is 18.0 Å². The van der Waals surface area contributed by atoms with E-state index in [1.54, 1.807) is 6.20 Å². The summed E-state index contributed by atoms with van der Waals surface area (Å²) in [5.74, 6) is 0.485. The van der Waals surface area contributed by atoms with E-state index < -0.39 is 5.54 Å². The van der Waals surface area contributed by atoms with E-state index >= 15 is 0 Å². The first kappa shape index (κ1) is 21.5. The van der Waals surface area contributed by atoms with Gasteiger partial charge in [0.2, 0.25) is 0 Å². The Morgan fingerprint density at radius 2 is 2.07 bits per heavy atom. The zero-order chi connectivity index (χ0) is 20.2. The Hall–Kier alpha value is -1.85. The van der Waals surface area contributed by atoms with E-state index in [9.17, 15) is 4.79 Å².